The summed E-state index contributed by atoms with van der Waals surface area (Å²) >= 11 is 1.64. The van der Waals surface area contributed by atoms with Crippen LogP contribution >= 0.6 is 11.8 Å². The van der Waals surface area contributed by atoms with Crippen molar-refractivity contribution in [1.82, 2.24) is 15.1 Å². The molecule has 0 aliphatic carbocycles. The highest BCUT2D eigenvalue weighted by Crippen LogP contribution is 2.19. The first-order valence-electron chi connectivity index (χ1n) is 11.1. The average Bonchev–Trinajstić information content (AvgIpc) is 3.16. The molecule has 3 N–H and O–H groups in total. The number of hydrogen-bond donors (Lipinski definition) is 3. The van der Waals surface area contributed by atoms with E-state index in [1.807, 2.05) is 48.3 Å². The van der Waals surface area contributed by atoms with Gasteiger partial charge in [0.1, 0.15) is 0 Å². The molecular formula is C25H30N6O2S. The Labute approximate surface area is 204 Å². The summed E-state index contributed by atoms with van der Waals surface area (Å²) < 4.78 is 1.92. The molecule has 9 heteroatoms. The van der Waals surface area contributed by atoms with Crippen molar-refractivity contribution in [2.24, 2.45) is 4.99 Å². The van der Waals surface area contributed by atoms with Gasteiger partial charge in [0.25, 0.3) is 5.91 Å². The van der Waals surface area contributed by atoms with Crippen LogP contribution in [0.25, 0.3) is 0 Å². The van der Waals surface area contributed by atoms with Crippen LogP contribution in [0.4, 0.5) is 11.4 Å². The van der Waals surface area contributed by atoms with Crippen LogP contribution in [0.5, 0.6) is 0 Å². The first-order valence-corrected chi connectivity index (χ1v) is 12.3. The maximum absolute atomic E-state index is 12.9. The number of anilines is 2. The molecule has 2 aromatic carbocycles. The highest BCUT2D eigenvalue weighted by Gasteiger charge is 2.11. The Morgan fingerprint density at radius 2 is 1.85 bits per heavy atom. The molecule has 2 amide bonds. The number of nitrogens with one attached hydrogen (secondary N) is 3. The van der Waals surface area contributed by atoms with E-state index in [0.717, 1.165) is 34.8 Å². The van der Waals surface area contributed by atoms with Crippen LogP contribution in [0, 0.1) is 6.92 Å². The van der Waals surface area contributed by atoms with Gasteiger partial charge in [-0.15, -0.1) is 11.8 Å². The first-order chi connectivity index (χ1) is 16.4. The molecule has 8 nitrogen and oxygen atoms in total. The van der Waals surface area contributed by atoms with Gasteiger partial charge in [-0.05, 0) is 62.1 Å². The Kier molecular flexibility index (Phi) is 8.86. The molecule has 1 aromatic heterocycles. The molecule has 0 radical (unpaired) electrons. The maximum atomic E-state index is 12.9. The van der Waals surface area contributed by atoms with Gasteiger partial charge in [0.15, 0.2) is 0 Å². The van der Waals surface area contributed by atoms with Crippen molar-refractivity contribution in [3.63, 3.8) is 0 Å². The predicted molar refractivity (Wildman–Crippen MR) is 138 cm³/mol. The quantitative estimate of drug-likeness (QED) is 0.248. The van der Waals surface area contributed by atoms with Gasteiger partial charge < -0.3 is 10.6 Å². The molecule has 0 unspecified atom stereocenters. The van der Waals surface area contributed by atoms with E-state index in [4.69, 9.17) is 0 Å². The number of aliphatic imine (C=N–C) groups is 1. The van der Waals surface area contributed by atoms with Crippen LogP contribution in [0.2, 0.25) is 0 Å². The minimum absolute atomic E-state index is 0.166. The van der Waals surface area contributed by atoms with Crippen LogP contribution in [-0.4, -0.2) is 33.8 Å². The number of nitrogens with zero attached hydrogens (tertiary/aromatic N) is 3. The number of aromatic nitrogens is 2. The smallest absolute Gasteiger partial charge is 0.257 e. The Morgan fingerprint density at radius 3 is 2.53 bits per heavy atom. The van der Waals surface area contributed by atoms with E-state index in [1.54, 1.807) is 36.0 Å². The molecule has 0 spiro atoms. The molecule has 3 aromatic rings. The Morgan fingerprint density at radius 1 is 1.09 bits per heavy atom. The number of carbonyl (C=O) groups excluding carboxylic acids is 2. The topological polar surface area (TPSA) is 100 Å². The van der Waals surface area contributed by atoms with Crippen molar-refractivity contribution < 1.29 is 9.59 Å². The number of hydrogen-bond acceptors (Lipinski definition) is 5. The lowest BCUT2D eigenvalue weighted by Crippen LogP contribution is -2.36. The van der Waals surface area contributed by atoms with E-state index < -0.39 is 0 Å². The summed E-state index contributed by atoms with van der Waals surface area (Å²) in [7, 11) is 0. The molecular weight excluding hydrogens is 448 g/mol. The van der Waals surface area contributed by atoms with Crippen molar-refractivity contribution in [1.29, 1.82) is 0 Å². The van der Waals surface area contributed by atoms with Crippen LogP contribution in [-0.2, 0) is 17.9 Å². The van der Waals surface area contributed by atoms with E-state index in [1.165, 1.54) is 6.92 Å². The minimum Gasteiger partial charge on any atom is -0.326 e. The van der Waals surface area contributed by atoms with E-state index in [2.05, 4.69) is 33.0 Å². The van der Waals surface area contributed by atoms with Gasteiger partial charge in [-0.3, -0.25) is 19.6 Å². The normalized spacial score (nSPS) is 11.2. The highest BCUT2D eigenvalue weighted by molar-refractivity contribution is 7.98. The fraction of sp³-hybridized carbons (Fsp3) is 0.280. The standard InChI is InChI=1S/C25H30N6O2S/c1-5-13-31-16-20(17(2)30-31)15-26-25(28-22-7-6-8-23(14-22)34-4)29-24(33)19-9-11-21(12-10-19)27-18(3)32/h6-12,14,16H,5,13,15H2,1-4H3,(H,27,32)(H2,26,28,29,33). The van der Waals surface area contributed by atoms with Gasteiger partial charge in [-0.2, -0.15) is 5.10 Å². The van der Waals surface area contributed by atoms with Gasteiger partial charge in [-0.1, -0.05) is 13.0 Å². The zero-order valence-corrected chi connectivity index (χ0v) is 20.7. The zero-order chi connectivity index (χ0) is 24.5. The van der Waals surface area contributed by atoms with Crippen LogP contribution < -0.4 is 16.0 Å². The molecule has 1 heterocycles. The molecule has 0 bridgehead atoms. The number of benzene rings is 2. The van der Waals surface area contributed by atoms with Crippen molar-refractivity contribution in [3.8, 4) is 0 Å². The number of rotatable bonds is 8. The lowest BCUT2D eigenvalue weighted by molar-refractivity contribution is -0.114. The van der Waals surface area contributed by atoms with Crippen molar-refractivity contribution >= 4 is 40.9 Å². The van der Waals surface area contributed by atoms with Crippen LogP contribution in [0.15, 0.2) is 64.6 Å². The summed E-state index contributed by atoms with van der Waals surface area (Å²) in [6.45, 7) is 6.73. The fourth-order valence-corrected chi connectivity index (χ4v) is 3.72. The number of thioether (sulfide) groups is 1. The monoisotopic (exact) mass is 478 g/mol. The number of amides is 2. The minimum atomic E-state index is -0.306. The third-order valence-corrected chi connectivity index (χ3v) is 5.67. The van der Waals surface area contributed by atoms with Crippen LogP contribution in [0.1, 0.15) is 41.9 Å². The molecule has 0 saturated heterocycles. The van der Waals surface area contributed by atoms with Gasteiger partial charge >= 0.3 is 0 Å². The number of aryl methyl sites for hydroxylation is 2. The molecule has 0 fully saturated rings. The van der Waals surface area contributed by atoms with Crippen molar-refractivity contribution in [2.45, 2.75) is 45.2 Å². The Hall–Kier alpha value is -3.59. The van der Waals surface area contributed by atoms with Gasteiger partial charge in [-0.25, -0.2) is 4.99 Å². The summed E-state index contributed by atoms with van der Waals surface area (Å²) in [5, 5.41) is 13.3. The summed E-state index contributed by atoms with van der Waals surface area (Å²) in [4.78, 5) is 29.9. The Balaban J connectivity index is 1.81. The summed E-state index contributed by atoms with van der Waals surface area (Å²) in [5.41, 5.74) is 3.82. The largest absolute Gasteiger partial charge is 0.326 e. The molecule has 0 aliphatic heterocycles. The van der Waals surface area contributed by atoms with E-state index in [9.17, 15) is 9.59 Å². The zero-order valence-electron chi connectivity index (χ0n) is 19.9. The Bertz CT molecular complexity index is 1170. The second kappa shape index (κ2) is 12.0. The van der Waals surface area contributed by atoms with Crippen molar-refractivity contribution in [2.75, 3.05) is 16.9 Å². The van der Waals surface area contributed by atoms with Gasteiger partial charge in [0.05, 0.1) is 12.2 Å². The third-order valence-electron chi connectivity index (χ3n) is 4.94. The summed E-state index contributed by atoms with van der Waals surface area (Å²) in [5.74, 6) is -0.127. The second-order valence-electron chi connectivity index (χ2n) is 7.74. The molecule has 178 valence electrons. The summed E-state index contributed by atoms with van der Waals surface area (Å²) in [6, 6.07) is 14.6. The molecule has 0 atom stereocenters. The van der Waals surface area contributed by atoms with Gasteiger partial charge in [0.2, 0.25) is 11.9 Å². The molecule has 0 aliphatic rings. The second-order valence-corrected chi connectivity index (χ2v) is 8.62. The van der Waals surface area contributed by atoms with Crippen molar-refractivity contribution in [3.05, 3.63) is 71.5 Å². The van der Waals surface area contributed by atoms with E-state index >= 15 is 0 Å². The number of guanidine groups is 1. The summed E-state index contributed by atoms with van der Waals surface area (Å²) in [6.07, 6.45) is 5.01. The van der Waals surface area contributed by atoms with E-state index in [-0.39, 0.29) is 11.8 Å². The number of carbonyl (C=O) groups is 2. The lowest BCUT2D eigenvalue weighted by atomic mass is 10.2. The SMILES string of the molecule is CCCn1cc(CN=C(NC(=O)c2ccc(NC(C)=O)cc2)Nc2cccc(SC)c2)c(C)n1. The lowest BCUT2D eigenvalue weighted by Gasteiger charge is -2.13. The highest BCUT2D eigenvalue weighted by atomic mass is 32.2. The fourth-order valence-electron chi connectivity index (χ4n) is 3.26. The average molecular weight is 479 g/mol. The molecule has 3 rings (SSSR count). The maximum Gasteiger partial charge on any atom is 0.257 e. The predicted octanol–water partition coefficient (Wildman–Crippen LogP) is 4.68. The van der Waals surface area contributed by atoms with Gasteiger partial charge in [0, 0.05) is 47.1 Å². The molecule has 34 heavy (non-hydrogen) atoms. The van der Waals surface area contributed by atoms with Crippen LogP contribution in [0.3, 0.4) is 0 Å². The third kappa shape index (κ3) is 7.21. The van der Waals surface area contributed by atoms with E-state index in [0.29, 0.717) is 23.8 Å². The molecule has 0 saturated carbocycles. The first kappa shape index (κ1) is 25.0.